The number of pyridine rings is 1. The van der Waals surface area contributed by atoms with Gasteiger partial charge in [0, 0.05) is 13.2 Å². The third-order valence-corrected chi connectivity index (χ3v) is 5.90. The van der Waals surface area contributed by atoms with Crippen LogP contribution in [0.15, 0.2) is 65.6 Å². The van der Waals surface area contributed by atoms with E-state index in [1.807, 2.05) is 80.9 Å². The molecule has 3 heterocycles. The maximum atomic E-state index is 13.6. The lowest BCUT2D eigenvalue weighted by Gasteiger charge is -2.12. The number of hydrogen-bond donors (Lipinski definition) is 0. The Morgan fingerprint density at radius 1 is 1.03 bits per heavy atom. The van der Waals surface area contributed by atoms with Crippen LogP contribution in [0.25, 0.3) is 28.3 Å². The summed E-state index contributed by atoms with van der Waals surface area (Å²) in [5, 5.41) is 10.1. The number of hydrogen-bond acceptors (Lipinski definition) is 5. The number of rotatable bonds is 4. The summed E-state index contributed by atoms with van der Waals surface area (Å²) in [5.74, 6) is 1.17. The summed E-state index contributed by atoms with van der Waals surface area (Å²) in [6, 6.07) is 19.3. The van der Waals surface area contributed by atoms with Crippen molar-refractivity contribution in [2.75, 3.05) is 0 Å². The topological polar surface area (TPSA) is 85.2 Å². The van der Waals surface area contributed by atoms with E-state index in [2.05, 4.69) is 11.1 Å². The summed E-state index contributed by atoms with van der Waals surface area (Å²) >= 11 is 0. The van der Waals surface area contributed by atoms with Gasteiger partial charge >= 0.3 is 0 Å². The molecule has 0 saturated carbocycles. The van der Waals surface area contributed by atoms with Crippen LogP contribution in [0.4, 0.5) is 0 Å². The Morgan fingerprint density at radius 3 is 2.49 bits per heavy atom. The zero-order chi connectivity index (χ0) is 24.7. The van der Waals surface area contributed by atoms with Crippen molar-refractivity contribution >= 4 is 28.3 Å². The van der Waals surface area contributed by atoms with Gasteiger partial charge in [0.25, 0.3) is 5.56 Å². The molecule has 0 bridgehead atoms. The first kappa shape index (κ1) is 22.1. The van der Waals surface area contributed by atoms with E-state index in [0.29, 0.717) is 17.2 Å². The monoisotopic (exact) mass is 461 g/mol. The zero-order valence-electron chi connectivity index (χ0n) is 19.9. The highest BCUT2D eigenvalue weighted by Crippen LogP contribution is 2.28. The molecular formula is C28H23N5O2. The molecule has 172 valence electrons. The van der Waals surface area contributed by atoms with Crippen LogP contribution in [0.3, 0.4) is 0 Å². The lowest BCUT2D eigenvalue weighted by atomic mass is 10.1. The molecule has 0 unspecified atom stereocenters. The number of nitrogens with zero attached hydrogens (tertiary/aromatic N) is 5. The van der Waals surface area contributed by atoms with Gasteiger partial charge in [0.05, 0.1) is 16.6 Å². The Labute approximate surface area is 202 Å². The number of benzene rings is 2. The summed E-state index contributed by atoms with van der Waals surface area (Å²) < 4.78 is 9.49. The lowest BCUT2D eigenvalue weighted by Crippen LogP contribution is -2.19. The largest absolute Gasteiger partial charge is 0.438 e. The molecular weight excluding hydrogens is 438 g/mol. The second kappa shape index (κ2) is 8.58. The van der Waals surface area contributed by atoms with Crippen LogP contribution in [0, 0.1) is 32.1 Å². The minimum absolute atomic E-state index is 0.140. The Morgan fingerprint density at radius 2 is 1.77 bits per heavy atom. The molecule has 0 aliphatic rings. The highest BCUT2D eigenvalue weighted by molar-refractivity contribution is 5.91. The van der Waals surface area contributed by atoms with E-state index >= 15 is 0 Å². The molecule has 0 aliphatic heterocycles. The number of allylic oxidation sites excluding steroid dienone is 1. The predicted molar refractivity (Wildman–Crippen MR) is 136 cm³/mol. The van der Waals surface area contributed by atoms with Gasteiger partial charge in [-0.15, -0.1) is 0 Å². The second-order valence-electron chi connectivity index (χ2n) is 8.60. The van der Waals surface area contributed by atoms with Gasteiger partial charge in [-0.25, -0.2) is 4.98 Å². The van der Waals surface area contributed by atoms with Gasteiger partial charge in [0.2, 0.25) is 5.88 Å². The number of ether oxygens (including phenoxy) is 1. The average Bonchev–Trinajstić information content (AvgIpc) is 3.15. The van der Waals surface area contributed by atoms with Crippen LogP contribution in [0.5, 0.6) is 11.6 Å². The molecule has 5 rings (SSSR count). The molecule has 0 N–H and O–H groups in total. The first-order valence-corrected chi connectivity index (χ1v) is 11.2. The molecule has 0 spiro atoms. The smallest absolute Gasteiger partial charge is 0.269 e. The van der Waals surface area contributed by atoms with Crippen molar-refractivity contribution in [3.05, 3.63) is 99.2 Å². The third kappa shape index (κ3) is 3.96. The number of fused-ring (bicyclic) bond motifs is 2. The number of aromatic nitrogens is 4. The molecule has 0 saturated heterocycles. The predicted octanol–water partition coefficient (Wildman–Crippen LogP) is 5.36. The fourth-order valence-electron chi connectivity index (χ4n) is 4.27. The molecule has 0 fully saturated rings. The lowest BCUT2D eigenvalue weighted by molar-refractivity contribution is 0.460. The SMILES string of the molecule is Cc1cc(C)cc(Oc2nc3c(C)cccn3c(=O)c2C=C(C#N)c2nc3ccccc3n2C)c1. The van der Waals surface area contributed by atoms with Crippen LogP contribution in [-0.4, -0.2) is 18.9 Å². The summed E-state index contributed by atoms with van der Waals surface area (Å²) in [4.78, 5) is 22.9. The zero-order valence-corrected chi connectivity index (χ0v) is 19.9. The molecule has 0 amide bonds. The standard InChI is InChI=1S/C28H23N5O2/c1-17-12-18(2)14-21(13-17)35-27-22(28(34)33-11-7-8-19(3)25(33)31-27)15-20(16-29)26-30-23-9-5-6-10-24(23)32(26)4/h5-15H,1-4H3. The van der Waals surface area contributed by atoms with Crippen molar-refractivity contribution < 1.29 is 4.74 Å². The number of para-hydroxylation sites is 2. The maximum Gasteiger partial charge on any atom is 0.269 e. The van der Waals surface area contributed by atoms with Crippen molar-refractivity contribution in [2.45, 2.75) is 20.8 Å². The molecule has 5 aromatic rings. The average molecular weight is 462 g/mol. The van der Waals surface area contributed by atoms with Gasteiger partial charge in [-0.2, -0.15) is 10.2 Å². The first-order chi connectivity index (χ1) is 16.9. The van der Waals surface area contributed by atoms with Gasteiger partial charge in [-0.05, 0) is 73.9 Å². The van der Waals surface area contributed by atoms with Crippen LogP contribution in [-0.2, 0) is 7.05 Å². The Kier molecular flexibility index (Phi) is 5.42. The summed E-state index contributed by atoms with van der Waals surface area (Å²) in [5.41, 5.74) is 5.13. The molecule has 0 aliphatic carbocycles. The third-order valence-electron chi connectivity index (χ3n) is 5.90. The molecule has 2 aromatic carbocycles. The fourth-order valence-corrected chi connectivity index (χ4v) is 4.27. The van der Waals surface area contributed by atoms with Gasteiger partial charge < -0.3 is 9.30 Å². The van der Waals surface area contributed by atoms with E-state index in [0.717, 1.165) is 27.7 Å². The van der Waals surface area contributed by atoms with Crippen molar-refractivity contribution in [1.29, 1.82) is 5.26 Å². The van der Waals surface area contributed by atoms with Crippen LogP contribution < -0.4 is 10.3 Å². The quantitative estimate of drug-likeness (QED) is 0.336. The highest BCUT2D eigenvalue weighted by Gasteiger charge is 2.18. The number of aryl methyl sites for hydroxylation is 4. The normalized spacial score (nSPS) is 11.7. The van der Waals surface area contributed by atoms with Gasteiger partial charge in [0.15, 0.2) is 5.82 Å². The molecule has 7 nitrogen and oxygen atoms in total. The van der Waals surface area contributed by atoms with Gasteiger partial charge in [0.1, 0.15) is 23.0 Å². The highest BCUT2D eigenvalue weighted by atomic mass is 16.5. The second-order valence-corrected chi connectivity index (χ2v) is 8.60. The van der Waals surface area contributed by atoms with Crippen LogP contribution in [0.1, 0.15) is 28.1 Å². The van der Waals surface area contributed by atoms with Crippen LogP contribution in [0.2, 0.25) is 0 Å². The molecule has 0 radical (unpaired) electrons. The van der Waals surface area contributed by atoms with Crippen molar-refractivity contribution in [1.82, 2.24) is 18.9 Å². The Bertz CT molecular complexity index is 1730. The maximum absolute atomic E-state index is 13.6. The summed E-state index contributed by atoms with van der Waals surface area (Å²) in [6.45, 7) is 5.85. The van der Waals surface area contributed by atoms with Gasteiger partial charge in [-0.3, -0.25) is 9.20 Å². The van der Waals surface area contributed by atoms with E-state index in [9.17, 15) is 10.1 Å². The summed E-state index contributed by atoms with van der Waals surface area (Å²) in [7, 11) is 1.84. The Balaban J connectivity index is 1.76. The number of nitriles is 1. The fraction of sp³-hybridized carbons (Fsp3) is 0.143. The van der Waals surface area contributed by atoms with Crippen LogP contribution >= 0.6 is 0 Å². The first-order valence-electron chi connectivity index (χ1n) is 11.2. The van der Waals surface area contributed by atoms with E-state index in [1.165, 1.54) is 10.5 Å². The molecule has 0 atom stereocenters. The van der Waals surface area contributed by atoms with Gasteiger partial charge in [-0.1, -0.05) is 24.3 Å². The number of imidazole rings is 1. The van der Waals surface area contributed by atoms with E-state index in [1.54, 1.807) is 12.3 Å². The van der Waals surface area contributed by atoms with Crippen molar-refractivity contribution in [3.63, 3.8) is 0 Å². The molecule has 3 aromatic heterocycles. The minimum Gasteiger partial charge on any atom is -0.438 e. The molecule has 7 heteroatoms. The summed E-state index contributed by atoms with van der Waals surface area (Å²) in [6.07, 6.45) is 3.18. The van der Waals surface area contributed by atoms with E-state index in [-0.39, 0.29) is 22.6 Å². The van der Waals surface area contributed by atoms with Crippen molar-refractivity contribution in [3.8, 4) is 17.7 Å². The Hall–Kier alpha value is -4.70. The minimum atomic E-state index is -0.329. The van der Waals surface area contributed by atoms with E-state index in [4.69, 9.17) is 9.72 Å². The molecule has 35 heavy (non-hydrogen) atoms. The van der Waals surface area contributed by atoms with E-state index < -0.39 is 0 Å². The van der Waals surface area contributed by atoms with Crippen molar-refractivity contribution in [2.24, 2.45) is 7.05 Å².